The maximum atomic E-state index is 12.2. The zero-order valence-electron chi connectivity index (χ0n) is 14.5. The van der Waals surface area contributed by atoms with Crippen LogP contribution >= 0.6 is 0 Å². The molecule has 2 N–H and O–H groups in total. The van der Waals surface area contributed by atoms with Crippen LogP contribution in [0.3, 0.4) is 0 Å². The van der Waals surface area contributed by atoms with Gasteiger partial charge in [0.25, 0.3) is 11.6 Å². The summed E-state index contributed by atoms with van der Waals surface area (Å²) in [5, 5.41) is 17.6. The van der Waals surface area contributed by atoms with Crippen molar-refractivity contribution in [3.8, 4) is 5.75 Å². The van der Waals surface area contributed by atoms with E-state index >= 15 is 0 Å². The number of benzene rings is 2. The molecule has 0 saturated carbocycles. The minimum absolute atomic E-state index is 0.000856. The second-order valence-electron chi connectivity index (χ2n) is 5.42. The van der Waals surface area contributed by atoms with E-state index in [4.69, 9.17) is 4.74 Å². The molecule has 0 aliphatic rings. The molecule has 2 aromatic carbocycles. The summed E-state index contributed by atoms with van der Waals surface area (Å²) >= 11 is 0. The molecule has 26 heavy (non-hydrogen) atoms. The fourth-order valence-electron chi connectivity index (χ4n) is 2.17. The number of nitrogens with one attached hydrogen (secondary N) is 2. The third kappa shape index (κ3) is 5.30. The molecule has 136 valence electrons. The van der Waals surface area contributed by atoms with Crippen molar-refractivity contribution in [3.05, 3.63) is 64.2 Å². The number of methoxy groups -OCH3 is 1. The number of hydrogen-bond donors (Lipinski definition) is 2. The van der Waals surface area contributed by atoms with Crippen molar-refractivity contribution in [2.75, 3.05) is 12.4 Å². The van der Waals surface area contributed by atoms with E-state index in [-0.39, 0.29) is 11.6 Å². The van der Waals surface area contributed by atoms with Gasteiger partial charge in [-0.1, -0.05) is 6.92 Å². The van der Waals surface area contributed by atoms with Crippen molar-refractivity contribution in [1.82, 2.24) is 5.43 Å². The van der Waals surface area contributed by atoms with Crippen molar-refractivity contribution in [1.29, 1.82) is 0 Å². The van der Waals surface area contributed by atoms with Gasteiger partial charge in [-0.05, 0) is 48.4 Å². The van der Waals surface area contributed by atoms with Crippen LogP contribution in [0.4, 0.5) is 11.4 Å². The molecular weight excluding hydrogens is 336 g/mol. The van der Waals surface area contributed by atoms with Crippen LogP contribution in [0.2, 0.25) is 0 Å². The number of nitrogens with zero attached hydrogens (tertiary/aromatic N) is 2. The molecule has 0 radical (unpaired) electrons. The van der Waals surface area contributed by atoms with Crippen LogP contribution in [0.1, 0.15) is 18.9 Å². The highest BCUT2D eigenvalue weighted by Crippen LogP contribution is 2.16. The zero-order valence-corrected chi connectivity index (χ0v) is 14.5. The average molecular weight is 356 g/mol. The van der Waals surface area contributed by atoms with Crippen molar-refractivity contribution in [3.63, 3.8) is 0 Å². The number of ether oxygens (including phenoxy) is 1. The Hall–Kier alpha value is -3.42. The molecular formula is C18H20N4O4. The van der Waals surface area contributed by atoms with Gasteiger partial charge in [0.15, 0.2) is 0 Å². The Morgan fingerprint density at radius 2 is 1.88 bits per heavy atom. The Balaban J connectivity index is 1.92. The first-order valence-corrected chi connectivity index (χ1v) is 8.01. The highest BCUT2D eigenvalue weighted by atomic mass is 16.6. The summed E-state index contributed by atoms with van der Waals surface area (Å²) in [4.78, 5) is 22.4. The molecule has 2 aromatic rings. The summed E-state index contributed by atoms with van der Waals surface area (Å²) in [6, 6.07) is 12.7. The second kappa shape index (κ2) is 9.16. The third-order valence-electron chi connectivity index (χ3n) is 3.65. The van der Waals surface area contributed by atoms with Crippen LogP contribution in [0, 0.1) is 10.1 Å². The molecule has 0 spiro atoms. The van der Waals surface area contributed by atoms with Gasteiger partial charge in [0.2, 0.25) is 0 Å². The average Bonchev–Trinajstić information content (AvgIpc) is 2.66. The van der Waals surface area contributed by atoms with Gasteiger partial charge in [0.05, 0.1) is 18.2 Å². The van der Waals surface area contributed by atoms with Gasteiger partial charge in [-0.15, -0.1) is 0 Å². The quantitative estimate of drug-likeness (QED) is 0.430. The standard InChI is InChI=1S/C18H20N4O4/c1-3-17(20-14-6-10-16(26-2)11-7-14)18(23)21-19-12-13-4-8-15(9-5-13)22(24)25/h4-12,17,20H,3H2,1-2H3,(H,21,23)/t17-/m0/s1. The number of non-ortho nitro benzene ring substituents is 1. The molecule has 0 aliphatic carbocycles. The normalized spacial score (nSPS) is 11.8. The lowest BCUT2D eigenvalue weighted by Gasteiger charge is -2.16. The molecule has 8 nitrogen and oxygen atoms in total. The molecule has 0 aliphatic heterocycles. The van der Waals surface area contributed by atoms with Crippen LogP contribution in [0.25, 0.3) is 0 Å². The van der Waals surface area contributed by atoms with E-state index in [2.05, 4.69) is 15.8 Å². The van der Waals surface area contributed by atoms with Crippen LogP contribution in [-0.2, 0) is 4.79 Å². The Morgan fingerprint density at radius 1 is 1.23 bits per heavy atom. The summed E-state index contributed by atoms with van der Waals surface area (Å²) < 4.78 is 5.10. The van der Waals surface area contributed by atoms with E-state index in [1.165, 1.54) is 18.3 Å². The monoisotopic (exact) mass is 356 g/mol. The number of rotatable bonds is 8. The number of nitro benzene ring substituents is 1. The predicted octanol–water partition coefficient (Wildman–Crippen LogP) is 2.94. The van der Waals surface area contributed by atoms with Gasteiger partial charge in [-0.25, -0.2) is 5.43 Å². The van der Waals surface area contributed by atoms with E-state index in [1.807, 2.05) is 19.1 Å². The first kappa shape index (κ1) is 18.9. The summed E-state index contributed by atoms with van der Waals surface area (Å²) in [5.41, 5.74) is 3.92. The molecule has 0 aromatic heterocycles. The van der Waals surface area contributed by atoms with Gasteiger partial charge >= 0.3 is 0 Å². The van der Waals surface area contributed by atoms with Crippen LogP contribution in [0.5, 0.6) is 5.75 Å². The number of amides is 1. The summed E-state index contributed by atoms with van der Waals surface area (Å²) in [6.07, 6.45) is 2.01. The van der Waals surface area contributed by atoms with Gasteiger partial charge in [-0.2, -0.15) is 5.10 Å². The smallest absolute Gasteiger partial charge is 0.269 e. The number of anilines is 1. The van der Waals surface area contributed by atoms with Crippen LogP contribution in [0.15, 0.2) is 53.6 Å². The van der Waals surface area contributed by atoms with Gasteiger partial charge in [-0.3, -0.25) is 14.9 Å². The van der Waals surface area contributed by atoms with Gasteiger partial charge in [0, 0.05) is 17.8 Å². The van der Waals surface area contributed by atoms with E-state index in [0.717, 1.165) is 11.4 Å². The van der Waals surface area contributed by atoms with Gasteiger partial charge < -0.3 is 10.1 Å². The molecule has 0 bridgehead atoms. The number of hydrazone groups is 1. The van der Waals surface area contributed by atoms with E-state index in [1.54, 1.807) is 31.4 Å². The first-order chi connectivity index (χ1) is 12.5. The number of carbonyl (C=O) groups is 1. The first-order valence-electron chi connectivity index (χ1n) is 8.01. The Labute approximate surface area is 151 Å². The largest absolute Gasteiger partial charge is 0.497 e. The lowest BCUT2D eigenvalue weighted by Crippen LogP contribution is -2.36. The minimum Gasteiger partial charge on any atom is -0.497 e. The third-order valence-corrected chi connectivity index (χ3v) is 3.65. The second-order valence-corrected chi connectivity index (χ2v) is 5.42. The van der Waals surface area contributed by atoms with Crippen LogP contribution < -0.4 is 15.5 Å². The molecule has 2 rings (SSSR count). The highest BCUT2D eigenvalue weighted by molar-refractivity contribution is 5.86. The predicted molar refractivity (Wildman–Crippen MR) is 99.5 cm³/mol. The fourth-order valence-corrected chi connectivity index (χ4v) is 2.17. The maximum Gasteiger partial charge on any atom is 0.269 e. The van der Waals surface area contributed by atoms with Crippen molar-refractivity contribution < 1.29 is 14.5 Å². The molecule has 0 fully saturated rings. The summed E-state index contributed by atoms with van der Waals surface area (Å²) in [5.74, 6) is 0.460. The number of carbonyl (C=O) groups excluding carboxylic acids is 1. The minimum atomic E-state index is -0.473. The molecule has 1 amide bonds. The SMILES string of the molecule is CC[C@H](Nc1ccc(OC)cc1)C(=O)NN=Cc1ccc([N+](=O)[O-])cc1. The molecule has 8 heteroatoms. The molecule has 0 saturated heterocycles. The van der Waals surface area contributed by atoms with E-state index in [9.17, 15) is 14.9 Å². The number of hydrogen-bond acceptors (Lipinski definition) is 6. The Morgan fingerprint density at radius 3 is 2.42 bits per heavy atom. The summed E-state index contributed by atoms with van der Waals surface area (Å²) in [6.45, 7) is 1.89. The zero-order chi connectivity index (χ0) is 18.9. The van der Waals surface area contributed by atoms with E-state index < -0.39 is 11.0 Å². The van der Waals surface area contributed by atoms with Crippen molar-refractivity contribution in [2.24, 2.45) is 5.10 Å². The van der Waals surface area contributed by atoms with Crippen molar-refractivity contribution >= 4 is 23.5 Å². The maximum absolute atomic E-state index is 12.2. The highest BCUT2D eigenvalue weighted by Gasteiger charge is 2.15. The molecule has 0 heterocycles. The van der Waals surface area contributed by atoms with Gasteiger partial charge in [0.1, 0.15) is 11.8 Å². The Bertz CT molecular complexity index is 773. The van der Waals surface area contributed by atoms with Crippen molar-refractivity contribution in [2.45, 2.75) is 19.4 Å². The lowest BCUT2D eigenvalue weighted by molar-refractivity contribution is -0.384. The number of nitro groups is 1. The fraction of sp³-hybridized carbons (Fsp3) is 0.222. The molecule has 0 unspecified atom stereocenters. The van der Waals surface area contributed by atoms with Crippen LogP contribution in [-0.4, -0.2) is 30.2 Å². The molecule has 1 atom stereocenters. The topological polar surface area (TPSA) is 106 Å². The van der Waals surface area contributed by atoms with E-state index in [0.29, 0.717) is 12.0 Å². The Kier molecular flexibility index (Phi) is 6.67. The summed E-state index contributed by atoms with van der Waals surface area (Å²) in [7, 11) is 1.59. The lowest BCUT2D eigenvalue weighted by atomic mass is 10.2.